The van der Waals surface area contributed by atoms with E-state index in [0.717, 1.165) is 30.3 Å². The number of nitrogens with two attached hydrogens (primary N) is 1. The minimum atomic E-state index is 0.358. The Hall–Kier alpha value is -1.16. The summed E-state index contributed by atoms with van der Waals surface area (Å²) < 4.78 is 0. The van der Waals surface area contributed by atoms with Gasteiger partial charge in [0.2, 0.25) is 0 Å². The van der Waals surface area contributed by atoms with Gasteiger partial charge in [0.05, 0.1) is 0 Å². The maximum absolute atomic E-state index is 6.03. The summed E-state index contributed by atoms with van der Waals surface area (Å²) in [7, 11) is 0. The van der Waals surface area contributed by atoms with Crippen LogP contribution in [0.15, 0.2) is 6.07 Å². The van der Waals surface area contributed by atoms with Crippen molar-refractivity contribution < 1.29 is 0 Å². The molecule has 0 amide bonds. The Morgan fingerprint density at radius 3 is 2.81 bits per heavy atom. The fourth-order valence-corrected chi connectivity index (χ4v) is 2.36. The lowest BCUT2D eigenvalue weighted by Crippen LogP contribution is -2.29. The third-order valence-corrected chi connectivity index (χ3v) is 3.23. The zero-order valence-corrected chi connectivity index (χ0v) is 10.0. The van der Waals surface area contributed by atoms with Gasteiger partial charge >= 0.3 is 0 Å². The number of anilines is 1. The number of hydrogen-bond donors (Lipinski definition) is 2. The highest BCUT2D eigenvalue weighted by Crippen LogP contribution is 2.24. The lowest BCUT2D eigenvalue weighted by molar-refractivity contribution is 0.504. The van der Waals surface area contributed by atoms with E-state index in [-0.39, 0.29) is 0 Å². The molecule has 1 fully saturated rings. The van der Waals surface area contributed by atoms with Crippen molar-refractivity contribution in [1.82, 2.24) is 9.97 Å². The molecule has 1 aromatic heterocycles. The van der Waals surface area contributed by atoms with Crippen LogP contribution in [0, 0.1) is 19.8 Å². The Bertz CT molecular complexity index is 344. The summed E-state index contributed by atoms with van der Waals surface area (Å²) in [6.07, 6.45) is 3.65. The minimum absolute atomic E-state index is 0.358. The van der Waals surface area contributed by atoms with Gasteiger partial charge in [-0.1, -0.05) is 6.42 Å². The van der Waals surface area contributed by atoms with Gasteiger partial charge in [-0.2, -0.15) is 0 Å². The van der Waals surface area contributed by atoms with Crippen molar-refractivity contribution in [2.24, 2.45) is 11.7 Å². The molecule has 0 aliphatic heterocycles. The van der Waals surface area contributed by atoms with Gasteiger partial charge in [0, 0.05) is 24.3 Å². The second-order valence-corrected chi connectivity index (χ2v) is 4.68. The van der Waals surface area contributed by atoms with E-state index in [9.17, 15) is 0 Å². The molecule has 0 radical (unpaired) electrons. The first-order valence-electron chi connectivity index (χ1n) is 5.97. The van der Waals surface area contributed by atoms with E-state index in [0.29, 0.717) is 12.0 Å². The SMILES string of the molecule is Cc1cc(NCC2CCCC2N)nc(C)n1. The van der Waals surface area contributed by atoms with Crippen LogP contribution in [0.1, 0.15) is 30.8 Å². The summed E-state index contributed by atoms with van der Waals surface area (Å²) in [5.41, 5.74) is 7.04. The molecule has 0 bridgehead atoms. The summed E-state index contributed by atoms with van der Waals surface area (Å²) in [6, 6.07) is 2.34. The molecule has 3 N–H and O–H groups in total. The minimum Gasteiger partial charge on any atom is -0.370 e. The van der Waals surface area contributed by atoms with Gasteiger partial charge in [-0.3, -0.25) is 0 Å². The van der Waals surface area contributed by atoms with Crippen molar-refractivity contribution in [3.05, 3.63) is 17.6 Å². The summed E-state index contributed by atoms with van der Waals surface area (Å²) in [5.74, 6) is 2.33. The summed E-state index contributed by atoms with van der Waals surface area (Å²) in [5, 5.41) is 3.37. The van der Waals surface area contributed by atoms with Gasteiger partial charge in [0.25, 0.3) is 0 Å². The Balaban J connectivity index is 1.94. The third-order valence-electron chi connectivity index (χ3n) is 3.23. The van der Waals surface area contributed by atoms with Gasteiger partial charge in [0.15, 0.2) is 0 Å². The molecule has 4 nitrogen and oxygen atoms in total. The molecule has 2 atom stereocenters. The van der Waals surface area contributed by atoms with Crippen LogP contribution in [0.3, 0.4) is 0 Å². The highest BCUT2D eigenvalue weighted by atomic mass is 15.0. The van der Waals surface area contributed by atoms with Crippen molar-refractivity contribution in [2.45, 2.75) is 39.2 Å². The molecule has 4 heteroatoms. The topological polar surface area (TPSA) is 63.8 Å². The van der Waals surface area contributed by atoms with Crippen LogP contribution in [0.2, 0.25) is 0 Å². The van der Waals surface area contributed by atoms with Crippen LogP contribution in [0.5, 0.6) is 0 Å². The van der Waals surface area contributed by atoms with Crippen LogP contribution in [-0.2, 0) is 0 Å². The number of nitrogens with one attached hydrogen (secondary N) is 1. The summed E-state index contributed by atoms with van der Waals surface area (Å²) in [6.45, 7) is 4.83. The average molecular weight is 220 g/mol. The molecular weight excluding hydrogens is 200 g/mol. The van der Waals surface area contributed by atoms with Gasteiger partial charge in [0.1, 0.15) is 11.6 Å². The summed E-state index contributed by atoms with van der Waals surface area (Å²) in [4.78, 5) is 8.61. The number of nitrogens with zero attached hydrogens (tertiary/aromatic N) is 2. The second-order valence-electron chi connectivity index (χ2n) is 4.68. The van der Waals surface area contributed by atoms with Crippen LogP contribution in [0.4, 0.5) is 5.82 Å². The zero-order valence-electron chi connectivity index (χ0n) is 10.0. The number of aromatic nitrogens is 2. The Morgan fingerprint density at radius 2 is 2.19 bits per heavy atom. The van der Waals surface area contributed by atoms with E-state index >= 15 is 0 Å². The fraction of sp³-hybridized carbons (Fsp3) is 0.667. The maximum atomic E-state index is 6.03. The van der Waals surface area contributed by atoms with Crippen LogP contribution < -0.4 is 11.1 Å². The number of hydrogen-bond acceptors (Lipinski definition) is 4. The molecular formula is C12H20N4. The number of aryl methyl sites for hydroxylation is 2. The predicted molar refractivity (Wildman–Crippen MR) is 65.3 cm³/mol. The molecule has 1 heterocycles. The number of rotatable bonds is 3. The van der Waals surface area contributed by atoms with Crippen LogP contribution >= 0.6 is 0 Å². The molecule has 2 unspecified atom stereocenters. The Labute approximate surface area is 96.7 Å². The Morgan fingerprint density at radius 1 is 1.38 bits per heavy atom. The van der Waals surface area contributed by atoms with E-state index in [2.05, 4.69) is 15.3 Å². The van der Waals surface area contributed by atoms with Gasteiger partial charge in [-0.25, -0.2) is 9.97 Å². The zero-order chi connectivity index (χ0) is 11.5. The first-order valence-corrected chi connectivity index (χ1v) is 5.97. The van der Waals surface area contributed by atoms with E-state index in [1.54, 1.807) is 0 Å². The quantitative estimate of drug-likeness (QED) is 0.812. The lowest BCUT2D eigenvalue weighted by Gasteiger charge is -2.16. The van der Waals surface area contributed by atoms with Gasteiger partial charge in [-0.15, -0.1) is 0 Å². The van der Waals surface area contributed by atoms with Crippen LogP contribution in [-0.4, -0.2) is 22.6 Å². The predicted octanol–water partition coefficient (Wildman–Crippen LogP) is 1.63. The van der Waals surface area contributed by atoms with Gasteiger partial charge < -0.3 is 11.1 Å². The first-order chi connectivity index (χ1) is 7.65. The monoisotopic (exact) mass is 220 g/mol. The molecule has 1 aliphatic rings. The van der Waals surface area contributed by atoms with E-state index in [1.165, 1.54) is 12.8 Å². The maximum Gasteiger partial charge on any atom is 0.129 e. The molecule has 1 aliphatic carbocycles. The van der Waals surface area contributed by atoms with E-state index < -0.39 is 0 Å². The van der Waals surface area contributed by atoms with Crippen molar-refractivity contribution in [2.75, 3.05) is 11.9 Å². The molecule has 2 rings (SSSR count). The highest BCUT2D eigenvalue weighted by molar-refractivity contribution is 5.35. The van der Waals surface area contributed by atoms with Crippen molar-refractivity contribution in [1.29, 1.82) is 0 Å². The van der Waals surface area contributed by atoms with E-state index in [4.69, 9.17) is 5.73 Å². The average Bonchev–Trinajstić information content (AvgIpc) is 2.59. The first kappa shape index (κ1) is 11.3. The third kappa shape index (κ3) is 2.70. The summed E-state index contributed by atoms with van der Waals surface area (Å²) >= 11 is 0. The highest BCUT2D eigenvalue weighted by Gasteiger charge is 2.23. The molecule has 88 valence electrons. The van der Waals surface area contributed by atoms with Crippen molar-refractivity contribution in [3.63, 3.8) is 0 Å². The molecule has 0 saturated heterocycles. The largest absolute Gasteiger partial charge is 0.370 e. The van der Waals surface area contributed by atoms with Crippen molar-refractivity contribution in [3.8, 4) is 0 Å². The standard InChI is InChI=1S/C12H20N4/c1-8-6-12(16-9(2)15-8)14-7-10-4-3-5-11(10)13/h6,10-11H,3-5,7,13H2,1-2H3,(H,14,15,16). The van der Waals surface area contributed by atoms with Crippen molar-refractivity contribution >= 4 is 5.82 Å². The van der Waals surface area contributed by atoms with Gasteiger partial charge in [-0.05, 0) is 32.6 Å². The second kappa shape index (κ2) is 4.78. The lowest BCUT2D eigenvalue weighted by atomic mass is 10.1. The fourth-order valence-electron chi connectivity index (χ4n) is 2.36. The molecule has 0 spiro atoms. The molecule has 0 aromatic carbocycles. The van der Waals surface area contributed by atoms with E-state index in [1.807, 2.05) is 19.9 Å². The molecule has 1 saturated carbocycles. The van der Waals surface area contributed by atoms with Crippen LogP contribution in [0.25, 0.3) is 0 Å². The molecule has 16 heavy (non-hydrogen) atoms. The smallest absolute Gasteiger partial charge is 0.129 e. The Kier molecular flexibility index (Phi) is 3.39. The normalized spacial score (nSPS) is 24.7. The molecule has 1 aromatic rings.